The van der Waals surface area contributed by atoms with Gasteiger partial charge < -0.3 is 14.3 Å². The molecule has 0 aliphatic heterocycles. The van der Waals surface area contributed by atoms with Crippen molar-refractivity contribution < 1.29 is 14.0 Å². The zero-order valence-corrected chi connectivity index (χ0v) is 15.9. The monoisotopic (exact) mass is 365 g/mol. The van der Waals surface area contributed by atoms with Gasteiger partial charge in [0, 0.05) is 12.1 Å². The van der Waals surface area contributed by atoms with Gasteiger partial charge >= 0.3 is 6.03 Å². The maximum atomic E-state index is 11.9. The van der Waals surface area contributed by atoms with E-state index in [-0.39, 0.29) is 5.75 Å². The van der Waals surface area contributed by atoms with Crippen LogP contribution in [0.1, 0.15) is 33.5 Å². The lowest BCUT2D eigenvalue weighted by molar-refractivity contribution is -0.117. The van der Waals surface area contributed by atoms with Gasteiger partial charge in [0.25, 0.3) is 0 Å². The minimum absolute atomic E-state index is 0.0695. The number of imide groups is 1. The van der Waals surface area contributed by atoms with Crippen LogP contribution in [0.15, 0.2) is 21.9 Å². The fourth-order valence-corrected chi connectivity index (χ4v) is 2.96. The van der Waals surface area contributed by atoms with Crippen molar-refractivity contribution in [3.05, 3.63) is 18.1 Å². The second-order valence-corrected chi connectivity index (χ2v) is 7.42. The number of hydrogen-bond acceptors (Lipinski definition) is 6. The van der Waals surface area contributed by atoms with Gasteiger partial charge in [-0.2, -0.15) is 0 Å². The van der Waals surface area contributed by atoms with Crippen molar-refractivity contribution in [1.29, 1.82) is 0 Å². The highest BCUT2D eigenvalue weighted by molar-refractivity contribution is 7.99. The first kappa shape index (κ1) is 19.0. The largest absolute Gasteiger partial charge is 0.469 e. The van der Waals surface area contributed by atoms with Gasteiger partial charge in [0.1, 0.15) is 5.76 Å². The lowest BCUT2D eigenvalue weighted by Gasteiger charge is -2.20. The summed E-state index contributed by atoms with van der Waals surface area (Å²) in [7, 11) is 0. The maximum absolute atomic E-state index is 11.9. The average molecular weight is 365 g/mol. The minimum atomic E-state index is -0.509. The first-order valence-corrected chi connectivity index (χ1v) is 8.92. The van der Waals surface area contributed by atoms with Crippen molar-refractivity contribution in [3.8, 4) is 11.4 Å². The van der Waals surface area contributed by atoms with Gasteiger partial charge in [-0.15, -0.1) is 10.2 Å². The topological polar surface area (TPSA) is 102 Å². The smallest absolute Gasteiger partial charge is 0.321 e. The SMILES string of the molecule is CCn1c(SCC(=O)NC(=O)NC(C)(C)C)nnc1-c1ccoc1C. The molecular formula is C16H23N5O3S. The molecule has 3 amide bonds. The predicted molar refractivity (Wildman–Crippen MR) is 95.3 cm³/mol. The third-order valence-electron chi connectivity index (χ3n) is 3.21. The van der Waals surface area contributed by atoms with E-state index in [4.69, 9.17) is 4.42 Å². The first-order valence-electron chi connectivity index (χ1n) is 7.93. The van der Waals surface area contributed by atoms with Crippen molar-refractivity contribution in [2.24, 2.45) is 0 Å². The summed E-state index contributed by atoms with van der Waals surface area (Å²) >= 11 is 1.23. The zero-order chi connectivity index (χ0) is 18.6. The first-order chi connectivity index (χ1) is 11.7. The molecule has 25 heavy (non-hydrogen) atoms. The molecule has 0 spiro atoms. The molecule has 0 radical (unpaired) electrons. The number of aromatic nitrogens is 3. The lowest BCUT2D eigenvalue weighted by atomic mass is 10.1. The molecule has 8 nitrogen and oxygen atoms in total. The third-order valence-corrected chi connectivity index (χ3v) is 4.17. The molecule has 0 unspecified atom stereocenters. The van der Waals surface area contributed by atoms with E-state index in [1.165, 1.54) is 11.8 Å². The second-order valence-electron chi connectivity index (χ2n) is 6.48. The van der Waals surface area contributed by atoms with Crippen molar-refractivity contribution >= 4 is 23.7 Å². The number of nitrogens with one attached hydrogen (secondary N) is 2. The van der Waals surface area contributed by atoms with Crippen LogP contribution in [0.25, 0.3) is 11.4 Å². The van der Waals surface area contributed by atoms with Crippen LogP contribution in [0, 0.1) is 6.92 Å². The standard InChI is InChI=1S/C16H23N5O3S/c1-6-21-13(11-7-8-24-10(11)2)19-20-15(21)25-9-12(22)17-14(23)18-16(3,4)5/h7-8H,6,9H2,1-5H3,(H2,17,18,22,23). The molecule has 2 aromatic rings. The zero-order valence-electron chi connectivity index (χ0n) is 15.0. The van der Waals surface area contributed by atoms with Crippen LogP contribution in [-0.4, -0.2) is 38.0 Å². The van der Waals surface area contributed by atoms with E-state index >= 15 is 0 Å². The summed E-state index contributed by atoms with van der Waals surface area (Å²) < 4.78 is 7.22. The molecule has 0 fully saturated rings. The van der Waals surface area contributed by atoms with Crippen molar-refractivity contribution in [1.82, 2.24) is 25.4 Å². The van der Waals surface area contributed by atoms with Crippen molar-refractivity contribution in [3.63, 3.8) is 0 Å². The number of urea groups is 1. The van der Waals surface area contributed by atoms with Gasteiger partial charge in [-0.3, -0.25) is 10.1 Å². The molecule has 2 heterocycles. The van der Waals surface area contributed by atoms with E-state index < -0.39 is 17.5 Å². The number of aryl methyl sites for hydroxylation is 1. The Labute approximate surface area is 150 Å². The Kier molecular flexibility index (Phi) is 5.89. The van der Waals surface area contributed by atoms with Gasteiger partial charge in [-0.1, -0.05) is 11.8 Å². The Bertz CT molecular complexity index is 760. The van der Waals surface area contributed by atoms with Crippen LogP contribution in [0.3, 0.4) is 0 Å². The van der Waals surface area contributed by atoms with E-state index in [0.29, 0.717) is 17.5 Å². The maximum Gasteiger partial charge on any atom is 0.321 e. The van der Waals surface area contributed by atoms with Crippen molar-refractivity contribution in [2.75, 3.05) is 5.75 Å². The molecule has 0 atom stereocenters. The summed E-state index contributed by atoms with van der Waals surface area (Å²) in [5, 5.41) is 13.9. The lowest BCUT2D eigenvalue weighted by Crippen LogP contribution is -2.48. The molecule has 136 valence electrons. The van der Waals surface area contributed by atoms with Crippen LogP contribution in [-0.2, 0) is 11.3 Å². The third kappa shape index (κ3) is 5.09. The second kappa shape index (κ2) is 7.73. The molecule has 0 saturated heterocycles. The fourth-order valence-electron chi connectivity index (χ4n) is 2.16. The molecule has 2 aromatic heterocycles. The van der Waals surface area contributed by atoms with Gasteiger partial charge in [0.15, 0.2) is 11.0 Å². The molecular weight excluding hydrogens is 342 g/mol. The average Bonchev–Trinajstić information content (AvgIpc) is 3.08. The number of furan rings is 1. The number of amides is 3. The van der Waals surface area contributed by atoms with Crippen LogP contribution in [0.2, 0.25) is 0 Å². The molecule has 0 saturated carbocycles. The highest BCUT2D eigenvalue weighted by atomic mass is 32.2. The Balaban J connectivity index is 2.00. The Morgan fingerprint density at radius 1 is 1.32 bits per heavy atom. The summed E-state index contributed by atoms with van der Waals surface area (Å²) in [5.74, 6) is 1.14. The number of carbonyl (C=O) groups is 2. The highest BCUT2D eigenvalue weighted by Crippen LogP contribution is 2.26. The minimum Gasteiger partial charge on any atom is -0.469 e. The summed E-state index contributed by atoms with van der Waals surface area (Å²) in [5.41, 5.74) is 0.465. The normalized spacial score (nSPS) is 11.4. The van der Waals surface area contributed by atoms with Crippen LogP contribution in [0.5, 0.6) is 0 Å². The van der Waals surface area contributed by atoms with E-state index in [1.54, 1.807) is 6.26 Å². The number of hydrogen-bond donors (Lipinski definition) is 2. The fraction of sp³-hybridized carbons (Fsp3) is 0.500. The van der Waals surface area contributed by atoms with E-state index in [2.05, 4.69) is 20.8 Å². The number of nitrogens with zero attached hydrogens (tertiary/aromatic N) is 3. The van der Waals surface area contributed by atoms with Gasteiger partial charge in [-0.05, 0) is 40.7 Å². The molecule has 9 heteroatoms. The highest BCUT2D eigenvalue weighted by Gasteiger charge is 2.19. The van der Waals surface area contributed by atoms with Crippen molar-refractivity contribution in [2.45, 2.75) is 51.9 Å². The predicted octanol–water partition coefficient (Wildman–Crippen LogP) is 2.58. The quantitative estimate of drug-likeness (QED) is 0.790. The summed E-state index contributed by atoms with van der Waals surface area (Å²) in [6.07, 6.45) is 1.60. The number of carbonyl (C=O) groups excluding carboxylic acids is 2. The Hall–Kier alpha value is -2.29. The molecule has 2 rings (SSSR count). The van der Waals surface area contributed by atoms with E-state index in [1.807, 2.05) is 45.3 Å². The summed E-state index contributed by atoms with van der Waals surface area (Å²) in [6, 6.07) is 1.33. The van der Waals surface area contributed by atoms with Gasteiger partial charge in [0.2, 0.25) is 5.91 Å². The number of rotatable bonds is 5. The Morgan fingerprint density at radius 3 is 2.60 bits per heavy atom. The van der Waals surface area contributed by atoms with Crippen LogP contribution in [0.4, 0.5) is 4.79 Å². The molecule has 0 bridgehead atoms. The molecule has 2 N–H and O–H groups in total. The van der Waals surface area contributed by atoms with E-state index in [0.717, 1.165) is 11.3 Å². The summed E-state index contributed by atoms with van der Waals surface area (Å²) in [6.45, 7) is 10.0. The van der Waals surface area contributed by atoms with Gasteiger partial charge in [0.05, 0.1) is 17.6 Å². The Morgan fingerprint density at radius 2 is 2.04 bits per heavy atom. The van der Waals surface area contributed by atoms with Crippen LogP contribution < -0.4 is 10.6 Å². The number of thioether (sulfide) groups is 1. The molecule has 0 aliphatic rings. The van der Waals surface area contributed by atoms with Gasteiger partial charge in [-0.25, -0.2) is 4.79 Å². The molecule has 0 aliphatic carbocycles. The molecule has 0 aromatic carbocycles. The summed E-state index contributed by atoms with van der Waals surface area (Å²) in [4.78, 5) is 23.6. The van der Waals surface area contributed by atoms with E-state index in [9.17, 15) is 9.59 Å². The van der Waals surface area contributed by atoms with Crippen LogP contribution >= 0.6 is 11.8 Å².